The highest BCUT2D eigenvalue weighted by molar-refractivity contribution is 6.20. The van der Waals surface area contributed by atoms with Crippen LogP contribution in [0.1, 0.15) is 0 Å². The molecule has 0 aliphatic rings. The van der Waals surface area contributed by atoms with Crippen LogP contribution in [0.3, 0.4) is 0 Å². The van der Waals surface area contributed by atoms with Gasteiger partial charge < -0.3 is 4.42 Å². The highest BCUT2D eigenvalue weighted by Gasteiger charge is 2.20. The summed E-state index contributed by atoms with van der Waals surface area (Å²) < 4.78 is 6.48. The van der Waals surface area contributed by atoms with E-state index < -0.39 is 0 Å². The standard InChI is InChI=1S/C44H26N4O/c1-3-11-27(12-4-1)30-21-23-34-39(25-30)49-38-19-9-18-35(40(34)38)43-46-42(29-13-5-2-6-14-29)47-44(48-43)37-26-36-33(31-16-7-8-17-32(31)37)22-20-28-15-10-24-45-41(28)36/h1-26H. The zero-order chi connectivity index (χ0) is 32.3. The fraction of sp³-hybridized carbons (Fsp3) is 0. The molecule has 5 heteroatoms. The Labute approximate surface area is 281 Å². The summed E-state index contributed by atoms with van der Waals surface area (Å²) in [6.45, 7) is 0. The molecule has 0 saturated carbocycles. The first-order valence-corrected chi connectivity index (χ1v) is 16.3. The molecule has 0 radical (unpaired) electrons. The average Bonchev–Trinajstić information content (AvgIpc) is 3.56. The van der Waals surface area contributed by atoms with E-state index in [1.165, 1.54) is 0 Å². The summed E-state index contributed by atoms with van der Waals surface area (Å²) in [6.07, 6.45) is 1.85. The third-order valence-corrected chi connectivity index (χ3v) is 9.36. The van der Waals surface area contributed by atoms with Crippen LogP contribution in [-0.2, 0) is 0 Å². The van der Waals surface area contributed by atoms with Gasteiger partial charge in [0.15, 0.2) is 17.5 Å². The molecular formula is C44H26N4O. The zero-order valence-electron chi connectivity index (χ0n) is 26.2. The minimum Gasteiger partial charge on any atom is -0.456 e. The van der Waals surface area contributed by atoms with Crippen LogP contribution < -0.4 is 0 Å². The molecule has 0 unspecified atom stereocenters. The summed E-state index contributed by atoms with van der Waals surface area (Å²) in [4.78, 5) is 20.3. The molecule has 10 rings (SSSR count). The lowest BCUT2D eigenvalue weighted by Crippen LogP contribution is -2.01. The van der Waals surface area contributed by atoms with E-state index in [0.29, 0.717) is 17.5 Å². The Hall–Kier alpha value is -6.72. The van der Waals surface area contributed by atoms with Crippen molar-refractivity contribution in [2.75, 3.05) is 0 Å². The smallest absolute Gasteiger partial charge is 0.164 e. The summed E-state index contributed by atoms with van der Waals surface area (Å²) in [5.74, 6) is 1.80. The Morgan fingerprint density at radius 2 is 1.08 bits per heavy atom. The second-order valence-electron chi connectivity index (χ2n) is 12.2. The van der Waals surface area contributed by atoms with Gasteiger partial charge in [0.1, 0.15) is 11.2 Å². The molecule has 228 valence electrons. The van der Waals surface area contributed by atoms with E-state index in [1.54, 1.807) is 0 Å². The van der Waals surface area contributed by atoms with Gasteiger partial charge in [-0.05, 0) is 57.6 Å². The highest BCUT2D eigenvalue weighted by atomic mass is 16.3. The number of hydrogen-bond acceptors (Lipinski definition) is 5. The SMILES string of the molecule is c1ccc(-c2ccc3c(c2)oc2cccc(-c4nc(-c5ccccc5)nc(-c5cc6c(ccc7cccnc76)c6ccccc56)n4)c23)cc1. The molecule has 0 aliphatic carbocycles. The first-order valence-electron chi connectivity index (χ1n) is 16.3. The number of fused-ring (bicyclic) bond motifs is 8. The minimum atomic E-state index is 0.588. The van der Waals surface area contributed by atoms with Gasteiger partial charge >= 0.3 is 0 Å². The predicted molar refractivity (Wildman–Crippen MR) is 199 cm³/mol. The number of hydrogen-bond donors (Lipinski definition) is 0. The van der Waals surface area contributed by atoms with Crippen molar-refractivity contribution in [3.05, 3.63) is 158 Å². The molecule has 0 bridgehead atoms. The first kappa shape index (κ1) is 27.4. The van der Waals surface area contributed by atoms with Crippen LogP contribution >= 0.6 is 0 Å². The van der Waals surface area contributed by atoms with Crippen LogP contribution in [0.5, 0.6) is 0 Å². The number of nitrogens with zero attached hydrogens (tertiary/aromatic N) is 4. The molecule has 0 N–H and O–H groups in total. The third-order valence-electron chi connectivity index (χ3n) is 9.36. The quantitative estimate of drug-likeness (QED) is 0.182. The van der Waals surface area contributed by atoms with Gasteiger partial charge in [-0.1, -0.05) is 121 Å². The highest BCUT2D eigenvalue weighted by Crippen LogP contribution is 2.40. The van der Waals surface area contributed by atoms with Gasteiger partial charge in [0, 0.05) is 44.4 Å². The van der Waals surface area contributed by atoms with Crippen molar-refractivity contribution in [1.29, 1.82) is 0 Å². The van der Waals surface area contributed by atoms with Crippen LogP contribution in [0.2, 0.25) is 0 Å². The Morgan fingerprint density at radius 1 is 0.388 bits per heavy atom. The van der Waals surface area contributed by atoms with Crippen molar-refractivity contribution in [3.8, 4) is 45.3 Å². The van der Waals surface area contributed by atoms with E-state index in [2.05, 4.69) is 97.1 Å². The number of furan rings is 1. The van der Waals surface area contributed by atoms with Crippen molar-refractivity contribution in [1.82, 2.24) is 19.9 Å². The average molecular weight is 627 g/mol. The van der Waals surface area contributed by atoms with E-state index in [-0.39, 0.29) is 0 Å². The molecule has 3 aromatic heterocycles. The van der Waals surface area contributed by atoms with Crippen LogP contribution in [0.4, 0.5) is 0 Å². The minimum absolute atomic E-state index is 0.588. The van der Waals surface area contributed by atoms with E-state index in [4.69, 9.17) is 24.4 Å². The van der Waals surface area contributed by atoms with Gasteiger partial charge in [0.25, 0.3) is 0 Å². The molecule has 3 heterocycles. The monoisotopic (exact) mass is 626 g/mol. The maximum absolute atomic E-state index is 6.48. The van der Waals surface area contributed by atoms with Crippen molar-refractivity contribution >= 4 is 54.4 Å². The summed E-state index contributed by atoms with van der Waals surface area (Å²) in [6, 6.07) is 52.0. The molecule has 0 saturated heterocycles. The third kappa shape index (κ3) is 4.48. The number of rotatable bonds is 4. The van der Waals surface area contributed by atoms with Crippen molar-refractivity contribution in [2.45, 2.75) is 0 Å². The van der Waals surface area contributed by atoms with Gasteiger partial charge in [-0.2, -0.15) is 0 Å². The summed E-state index contributed by atoms with van der Waals surface area (Å²) in [5.41, 5.74) is 7.55. The first-order chi connectivity index (χ1) is 24.3. The fourth-order valence-electron chi connectivity index (χ4n) is 7.06. The molecule has 0 atom stereocenters. The molecule has 0 spiro atoms. The van der Waals surface area contributed by atoms with Crippen molar-refractivity contribution in [2.24, 2.45) is 0 Å². The largest absolute Gasteiger partial charge is 0.456 e. The Morgan fingerprint density at radius 3 is 1.92 bits per heavy atom. The molecule has 0 amide bonds. The second kappa shape index (κ2) is 10.9. The van der Waals surface area contributed by atoms with E-state index in [0.717, 1.165) is 82.2 Å². The molecule has 10 aromatic rings. The molecule has 5 nitrogen and oxygen atoms in total. The zero-order valence-corrected chi connectivity index (χ0v) is 26.2. The lowest BCUT2D eigenvalue weighted by Gasteiger charge is -2.13. The Balaban J connectivity index is 1.25. The number of aromatic nitrogens is 4. The van der Waals surface area contributed by atoms with Crippen molar-refractivity contribution in [3.63, 3.8) is 0 Å². The normalized spacial score (nSPS) is 11.7. The second-order valence-corrected chi connectivity index (χ2v) is 12.2. The maximum atomic E-state index is 6.48. The lowest BCUT2D eigenvalue weighted by molar-refractivity contribution is 0.669. The van der Waals surface area contributed by atoms with E-state index in [1.807, 2.05) is 60.8 Å². The molecule has 0 aliphatic heterocycles. The Kier molecular flexibility index (Phi) is 6.11. The van der Waals surface area contributed by atoms with Crippen LogP contribution in [-0.4, -0.2) is 19.9 Å². The predicted octanol–water partition coefficient (Wildman–Crippen LogP) is 11.3. The van der Waals surface area contributed by atoms with Gasteiger partial charge in [0.2, 0.25) is 0 Å². The molecular weight excluding hydrogens is 601 g/mol. The Bertz CT molecular complexity index is 2880. The van der Waals surface area contributed by atoms with Crippen molar-refractivity contribution < 1.29 is 4.42 Å². The van der Waals surface area contributed by atoms with Crippen LogP contribution in [0, 0.1) is 0 Å². The van der Waals surface area contributed by atoms with Gasteiger partial charge in [0.05, 0.1) is 5.52 Å². The lowest BCUT2D eigenvalue weighted by atomic mass is 9.95. The van der Waals surface area contributed by atoms with Crippen LogP contribution in [0.25, 0.3) is 99.7 Å². The fourth-order valence-corrected chi connectivity index (χ4v) is 7.06. The maximum Gasteiger partial charge on any atom is 0.164 e. The summed E-state index contributed by atoms with van der Waals surface area (Å²) in [7, 11) is 0. The summed E-state index contributed by atoms with van der Waals surface area (Å²) >= 11 is 0. The topological polar surface area (TPSA) is 64.7 Å². The molecule has 7 aromatic carbocycles. The van der Waals surface area contributed by atoms with E-state index in [9.17, 15) is 0 Å². The van der Waals surface area contributed by atoms with Crippen LogP contribution in [0.15, 0.2) is 162 Å². The van der Waals surface area contributed by atoms with Gasteiger partial charge in [-0.25, -0.2) is 15.0 Å². The summed E-state index contributed by atoms with van der Waals surface area (Å²) in [5, 5.41) is 7.49. The number of benzene rings is 7. The molecule has 49 heavy (non-hydrogen) atoms. The number of pyridine rings is 1. The molecule has 0 fully saturated rings. The van der Waals surface area contributed by atoms with Gasteiger partial charge in [-0.3, -0.25) is 4.98 Å². The van der Waals surface area contributed by atoms with E-state index >= 15 is 0 Å². The van der Waals surface area contributed by atoms with Gasteiger partial charge in [-0.15, -0.1) is 0 Å².